The number of fused-ring (bicyclic) bond motifs is 4. The van der Waals surface area contributed by atoms with E-state index >= 15 is 0 Å². The first-order valence-electron chi connectivity index (χ1n) is 34.6. The van der Waals surface area contributed by atoms with Gasteiger partial charge >= 0.3 is 17.9 Å². The standard InChI is InChI=1S/C24H27FN4O7S2.C23H23FN4O6S2.C14H18FNO2.C10H11N3O6S2/c1-36-24(31)18-4-3-5-20(18)29(14-15-6-8-16(25)9-7-15)23(30)13-22-26-19-11-10-17(27-37(2,32)33)12-21(19)38(34,35)28-22;1-35(31,32)26-15-9-10-17-19(11-15)36(33,34)27-22(25-17)20-21(29)16-3-2-4-18(16)28(23(20)30)12-13-5-7-14(24)8-6-13;1-18-14(17)12-3-2-4-13(12)16-9-10-5-7-11(15)8-6-10;1-20(16,17)12-6-2-3-7-8(4-6)21(18,19)13-9(11-7)5-10(14)15/h6-12,18,20,27H,3-5,13-14H2,1-2H3,(H,26,28);5-11,16,18,26,29H,2-4,12H2,1H3,(H,25,27);5-8,12-13,16H,2-4,9H2,1H3;2-4,12H,5H2,1H3,(H,11,13)(H,14,15). The average Bonchev–Trinajstić information content (AvgIpc) is 1.68. The van der Waals surface area contributed by atoms with Gasteiger partial charge in [0.1, 0.15) is 61.6 Å². The van der Waals surface area contributed by atoms with Gasteiger partial charge in [-0.3, -0.25) is 38.1 Å². The van der Waals surface area contributed by atoms with Crippen LogP contribution in [0, 0.1) is 35.2 Å². The quantitative estimate of drug-likeness (QED) is 0.0315. The molecule has 42 heteroatoms. The lowest BCUT2D eigenvalue weighted by Gasteiger charge is -2.39. The molecule has 7 aliphatic rings. The SMILES string of the molecule is COC(=O)C1CCCC1N(Cc1ccc(F)cc1)C(=O)CC1=NS(=O)(=O)c2cc(NS(C)(=O)=O)ccc2N1.COC(=O)C1CCCC1NCc1ccc(F)cc1.CS(=O)(=O)Nc1ccc2c(c1)S(=O)(=O)N=C(C1=C(O)C3CCCC3N(Cc3ccc(F)cc3)C1=O)N2.CS(=O)(=O)Nc1ccc2c(c1)S(=O)(=O)N=C(CC(=O)O)N2. The van der Waals surface area contributed by atoms with Crippen LogP contribution in [0.2, 0.25) is 0 Å². The second kappa shape index (κ2) is 34.8. The van der Waals surface area contributed by atoms with E-state index in [0.717, 1.165) is 68.2 Å². The van der Waals surface area contributed by atoms with E-state index in [-0.39, 0.29) is 126 Å². The van der Waals surface area contributed by atoms with E-state index in [1.54, 1.807) is 29.2 Å². The number of aliphatic hydroxyl groups excluding tert-OH is 1. The molecule has 4 heterocycles. The Morgan fingerprint density at radius 3 is 1.45 bits per heavy atom. The van der Waals surface area contributed by atoms with E-state index in [0.29, 0.717) is 49.8 Å². The molecule has 3 aliphatic carbocycles. The first-order valence-corrected chi connectivity index (χ1v) is 44.6. The van der Waals surface area contributed by atoms with Gasteiger partial charge in [0, 0.05) is 60.7 Å². The maximum Gasteiger partial charge on any atom is 0.311 e. The molecule has 6 unspecified atom stereocenters. The third-order valence-electron chi connectivity index (χ3n) is 18.7. The number of aliphatic hydroxyl groups is 1. The topological polar surface area (TPSA) is 477 Å². The van der Waals surface area contributed by atoms with Crippen LogP contribution in [-0.4, -0.2) is 169 Å². The molecule has 0 spiro atoms. The first kappa shape index (κ1) is 84.9. The van der Waals surface area contributed by atoms with Gasteiger partial charge in [0.05, 0.1) is 68.3 Å². The number of nitrogens with one attached hydrogen (secondary N) is 7. The number of carboxylic acids is 1. The minimum Gasteiger partial charge on any atom is -0.511 e. The zero-order chi connectivity index (χ0) is 82.3. The zero-order valence-electron chi connectivity index (χ0n) is 61.0. The summed E-state index contributed by atoms with van der Waals surface area (Å²) in [6.45, 7) is 0.890. The Bertz CT molecular complexity index is 5570. The number of aliphatic carboxylic acids is 1. The Kier molecular flexibility index (Phi) is 26.2. The summed E-state index contributed by atoms with van der Waals surface area (Å²) >= 11 is 0. The average molecular weight is 1690 g/mol. The number of rotatable bonds is 21. The van der Waals surface area contributed by atoms with Crippen LogP contribution in [0.5, 0.6) is 0 Å². The fourth-order valence-corrected chi connectivity index (χ4v) is 19.0. The molecule has 0 bridgehead atoms. The van der Waals surface area contributed by atoms with Crippen LogP contribution in [-0.2, 0) is 113 Å². The highest BCUT2D eigenvalue weighted by atomic mass is 32.2. The highest BCUT2D eigenvalue weighted by molar-refractivity contribution is 7.93. The van der Waals surface area contributed by atoms with Crippen LogP contribution in [0.25, 0.3) is 0 Å². The van der Waals surface area contributed by atoms with E-state index < -0.39 is 120 Å². The van der Waals surface area contributed by atoms with Gasteiger partial charge in [0.25, 0.3) is 36.0 Å². The summed E-state index contributed by atoms with van der Waals surface area (Å²) in [7, 11) is -20.8. The first-order chi connectivity index (χ1) is 53.1. The zero-order valence-corrected chi connectivity index (χ0v) is 65.9. The molecular weight excluding hydrogens is 1610 g/mol. The molecule has 33 nitrogen and oxygen atoms in total. The number of hydrogen-bond donors (Lipinski definition) is 9. The van der Waals surface area contributed by atoms with E-state index in [9.17, 15) is 92.8 Å². The number of amidine groups is 3. The van der Waals surface area contributed by atoms with Crippen molar-refractivity contribution in [2.45, 2.75) is 123 Å². The molecule has 9 N–H and O–H groups in total. The van der Waals surface area contributed by atoms with Gasteiger partial charge in [-0.15, -0.1) is 13.2 Å². The number of carbonyl (C=O) groups excluding carboxylic acids is 4. The molecule has 6 aromatic rings. The maximum atomic E-state index is 13.6. The van der Waals surface area contributed by atoms with Gasteiger partial charge in [-0.05, 0) is 146 Å². The molecule has 3 fully saturated rings. The lowest BCUT2D eigenvalue weighted by atomic mass is 9.89. The molecule has 0 aromatic heterocycles. The van der Waals surface area contributed by atoms with Crippen molar-refractivity contribution in [1.29, 1.82) is 0 Å². The molecule has 6 atom stereocenters. The number of esters is 2. The van der Waals surface area contributed by atoms with Crippen molar-refractivity contribution in [3.63, 3.8) is 0 Å². The second-order valence-electron chi connectivity index (χ2n) is 27.2. The summed E-state index contributed by atoms with van der Waals surface area (Å²) in [6, 6.07) is 28.7. The lowest BCUT2D eigenvalue weighted by Crippen LogP contribution is -2.49. The predicted octanol–water partition coefficient (Wildman–Crippen LogP) is 7.51. The van der Waals surface area contributed by atoms with Gasteiger partial charge in [0.15, 0.2) is 5.84 Å². The van der Waals surface area contributed by atoms with Crippen molar-refractivity contribution in [2.75, 3.05) is 63.1 Å². The van der Waals surface area contributed by atoms with Gasteiger partial charge in [-0.2, -0.15) is 25.3 Å². The Morgan fingerprint density at radius 2 is 0.973 bits per heavy atom. The fraction of sp³-hybridized carbons (Fsp3) is 0.352. The predicted molar refractivity (Wildman–Crippen MR) is 411 cm³/mol. The molecule has 2 amide bonds. The fourth-order valence-electron chi connectivity index (χ4n) is 13.9. The summed E-state index contributed by atoms with van der Waals surface area (Å²) in [5.74, 6) is -5.74. The molecule has 13 rings (SSSR count). The highest BCUT2D eigenvalue weighted by Crippen LogP contribution is 2.43. The number of amides is 2. The van der Waals surface area contributed by atoms with Crippen molar-refractivity contribution in [3.8, 4) is 0 Å². The molecule has 0 saturated heterocycles. The van der Waals surface area contributed by atoms with Gasteiger partial charge < -0.3 is 50.8 Å². The molecule has 0 radical (unpaired) electrons. The van der Waals surface area contributed by atoms with Gasteiger partial charge in [-0.1, -0.05) is 55.7 Å². The number of nitrogens with zero attached hydrogens (tertiary/aromatic N) is 5. The largest absolute Gasteiger partial charge is 0.511 e. The smallest absolute Gasteiger partial charge is 0.311 e. The lowest BCUT2D eigenvalue weighted by molar-refractivity contribution is -0.149. The summed E-state index contributed by atoms with van der Waals surface area (Å²) in [4.78, 5) is 64.1. The third kappa shape index (κ3) is 22.0. The second-order valence-corrected chi connectivity index (χ2v) is 37.2. The number of sulfonamides is 6. The van der Waals surface area contributed by atoms with Crippen LogP contribution in [0.3, 0.4) is 0 Å². The monoisotopic (exact) mass is 1680 g/mol. The number of hydrogen-bond acceptors (Lipinski definition) is 24. The van der Waals surface area contributed by atoms with Crippen LogP contribution in [0.1, 0.15) is 87.3 Å². The van der Waals surface area contributed by atoms with E-state index in [1.807, 2.05) is 0 Å². The Hall–Kier alpha value is -10.5. The van der Waals surface area contributed by atoms with Crippen molar-refractivity contribution < 1.29 is 107 Å². The van der Waals surface area contributed by atoms with Crippen LogP contribution in [0.4, 0.5) is 47.3 Å². The van der Waals surface area contributed by atoms with Gasteiger partial charge in [-0.25, -0.2) is 38.4 Å². The van der Waals surface area contributed by atoms with E-state index in [2.05, 4.69) is 48.6 Å². The van der Waals surface area contributed by atoms with Crippen LogP contribution in [0.15, 0.2) is 167 Å². The number of benzene rings is 6. The Balaban J connectivity index is 0.000000167. The highest BCUT2D eigenvalue weighted by Gasteiger charge is 2.47. The number of anilines is 6. The molecule has 6 aromatic carbocycles. The van der Waals surface area contributed by atoms with Crippen molar-refractivity contribution in [3.05, 3.63) is 173 Å². The molecule has 4 aliphatic heterocycles. The number of ether oxygens (including phenoxy) is 2. The maximum absolute atomic E-state index is 13.6. The van der Waals surface area contributed by atoms with E-state index in [1.165, 1.54) is 104 Å². The normalized spacial score (nSPS) is 20.8. The minimum atomic E-state index is -4.34. The number of methoxy groups -OCH3 is 2. The van der Waals surface area contributed by atoms with Crippen LogP contribution >= 0.6 is 0 Å². The van der Waals surface area contributed by atoms with Crippen molar-refractivity contribution >= 4 is 141 Å². The molecule has 3 saturated carbocycles. The van der Waals surface area contributed by atoms with Gasteiger partial charge in [0.2, 0.25) is 36.0 Å². The summed E-state index contributed by atoms with van der Waals surface area (Å²) in [5, 5.41) is 31.3. The Labute approximate surface area is 650 Å². The van der Waals surface area contributed by atoms with Crippen molar-refractivity contribution in [2.24, 2.45) is 30.9 Å². The third-order valence-corrected chi connectivity index (χ3v) is 24.6. The summed E-state index contributed by atoms with van der Waals surface area (Å²) in [5.41, 5.74) is 2.64. The molecule has 606 valence electrons. The molecular formula is C71H79F3N12O21S6. The number of carbonyl (C=O) groups is 5. The number of halogens is 3. The molecule has 113 heavy (non-hydrogen) atoms. The summed E-state index contributed by atoms with van der Waals surface area (Å²) in [6.07, 6.45) is 8.59. The van der Waals surface area contributed by atoms with E-state index in [4.69, 9.17) is 14.6 Å². The summed E-state index contributed by atoms with van der Waals surface area (Å²) < 4.78 is 211. The minimum absolute atomic E-state index is 0.0374. The Morgan fingerprint density at radius 1 is 0.549 bits per heavy atom. The number of carboxylic acid groups (broad SMARTS) is 1. The van der Waals surface area contributed by atoms with Crippen LogP contribution < -0.4 is 35.4 Å². The van der Waals surface area contributed by atoms with Crippen molar-refractivity contribution in [1.82, 2.24) is 15.1 Å².